The van der Waals surface area contributed by atoms with Gasteiger partial charge in [-0.3, -0.25) is 0 Å². The molecule has 1 aromatic heterocycles. The lowest BCUT2D eigenvalue weighted by molar-refractivity contribution is 0.780. The van der Waals surface area contributed by atoms with E-state index in [0.717, 1.165) is 6.42 Å². The van der Waals surface area contributed by atoms with Crippen molar-refractivity contribution in [3.05, 3.63) is 63.2 Å². The van der Waals surface area contributed by atoms with Crippen LogP contribution in [0.4, 0.5) is 0 Å². The molecule has 1 heterocycles. The molecular formula is C21H15IS. The maximum absolute atomic E-state index is 2.50. The van der Waals surface area contributed by atoms with Crippen molar-refractivity contribution in [1.82, 2.24) is 0 Å². The molecule has 23 heavy (non-hydrogen) atoms. The Bertz CT molecular complexity index is 1120. The summed E-state index contributed by atoms with van der Waals surface area (Å²) in [6.45, 7) is 2.36. The fourth-order valence-corrected chi connectivity index (χ4v) is 5.92. The van der Waals surface area contributed by atoms with Gasteiger partial charge in [0.25, 0.3) is 0 Å². The monoisotopic (exact) mass is 426 g/mol. The van der Waals surface area contributed by atoms with Gasteiger partial charge in [-0.25, -0.2) is 0 Å². The molecule has 0 radical (unpaired) electrons. The molecule has 112 valence electrons. The second-order valence-electron chi connectivity index (χ2n) is 6.40. The highest BCUT2D eigenvalue weighted by Crippen LogP contribution is 2.45. The molecule has 2 heteroatoms. The zero-order valence-electron chi connectivity index (χ0n) is 12.8. The van der Waals surface area contributed by atoms with E-state index in [1.165, 1.54) is 40.1 Å². The minimum Gasteiger partial charge on any atom is -0.134 e. The summed E-state index contributed by atoms with van der Waals surface area (Å²) < 4.78 is 4.24. The van der Waals surface area contributed by atoms with E-state index >= 15 is 0 Å². The molecule has 0 aliphatic heterocycles. The molecule has 0 bridgehead atoms. The minimum atomic E-state index is 0.596. The standard InChI is InChI=1S/C21H15IS/c1-12-5-4-8-15-10-17(22)21-20(19(12)15)16-9-13-6-2-3-7-14(13)11-18(16)23-21/h2-4,6-12H,5H2,1H3. The molecule has 0 spiro atoms. The van der Waals surface area contributed by atoms with E-state index in [-0.39, 0.29) is 0 Å². The lowest BCUT2D eigenvalue weighted by Gasteiger charge is -2.20. The van der Waals surface area contributed by atoms with E-state index in [1.807, 2.05) is 11.3 Å². The van der Waals surface area contributed by atoms with Crippen LogP contribution in [0.15, 0.2) is 48.5 Å². The lowest BCUT2D eigenvalue weighted by Crippen LogP contribution is -2.01. The first-order valence-corrected chi connectivity index (χ1v) is 9.86. The van der Waals surface area contributed by atoms with E-state index in [4.69, 9.17) is 0 Å². The van der Waals surface area contributed by atoms with E-state index in [0.29, 0.717) is 5.92 Å². The fraction of sp³-hybridized carbons (Fsp3) is 0.143. The Morgan fingerprint density at radius 3 is 2.70 bits per heavy atom. The van der Waals surface area contributed by atoms with Crippen molar-refractivity contribution in [1.29, 1.82) is 0 Å². The minimum absolute atomic E-state index is 0.596. The molecule has 4 aromatic rings. The molecule has 1 aliphatic carbocycles. The average Bonchev–Trinajstić information content (AvgIpc) is 2.92. The molecule has 0 saturated carbocycles. The number of hydrogen-bond acceptors (Lipinski definition) is 1. The van der Waals surface area contributed by atoms with Gasteiger partial charge in [0.05, 0.1) is 0 Å². The van der Waals surface area contributed by atoms with Gasteiger partial charge < -0.3 is 0 Å². The first-order valence-electron chi connectivity index (χ1n) is 7.96. The quantitative estimate of drug-likeness (QED) is 0.258. The Hall–Kier alpha value is -1.39. The second kappa shape index (κ2) is 5.05. The summed E-state index contributed by atoms with van der Waals surface area (Å²) in [6.07, 6.45) is 5.77. The number of allylic oxidation sites excluding steroid dienone is 1. The molecule has 0 saturated heterocycles. The normalized spacial score (nSPS) is 17.2. The van der Waals surface area contributed by atoms with Crippen LogP contribution in [0.2, 0.25) is 0 Å². The van der Waals surface area contributed by atoms with Crippen LogP contribution in [0.25, 0.3) is 37.0 Å². The topological polar surface area (TPSA) is 0 Å². The van der Waals surface area contributed by atoms with Gasteiger partial charge in [0.1, 0.15) is 0 Å². The zero-order valence-corrected chi connectivity index (χ0v) is 15.7. The predicted molar refractivity (Wildman–Crippen MR) is 112 cm³/mol. The van der Waals surface area contributed by atoms with Crippen molar-refractivity contribution in [2.45, 2.75) is 19.3 Å². The van der Waals surface area contributed by atoms with Gasteiger partial charge in [0.2, 0.25) is 0 Å². The van der Waals surface area contributed by atoms with Gasteiger partial charge in [-0.2, -0.15) is 0 Å². The van der Waals surface area contributed by atoms with Gasteiger partial charge in [-0.1, -0.05) is 43.3 Å². The van der Waals surface area contributed by atoms with Gasteiger partial charge in [0.15, 0.2) is 0 Å². The van der Waals surface area contributed by atoms with Crippen LogP contribution in [-0.4, -0.2) is 0 Å². The zero-order chi connectivity index (χ0) is 15.6. The Morgan fingerprint density at radius 2 is 1.87 bits per heavy atom. The van der Waals surface area contributed by atoms with Crippen LogP contribution in [0.3, 0.4) is 0 Å². The first kappa shape index (κ1) is 14.0. The fourth-order valence-electron chi connectivity index (χ4n) is 3.83. The number of rotatable bonds is 0. The van der Waals surface area contributed by atoms with Crippen molar-refractivity contribution in [2.24, 2.45) is 0 Å². The summed E-state index contributed by atoms with van der Waals surface area (Å²) in [5, 5.41) is 5.60. The lowest BCUT2D eigenvalue weighted by atomic mass is 9.85. The molecule has 0 amide bonds. The Kier molecular flexibility index (Phi) is 3.07. The highest BCUT2D eigenvalue weighted by molar-refractivity contribution is 14.1. The molecule has 0 nitrogen and oxygen atoms in total. The number of fused-ring (bicyclic) bond motifs is 6. The molecular weight excluding hydrogens is 411 g/mol. The Labute approximate surface area is 153 Å². The molecule has 1 atom stereocenters. The molecule has 0 N–H and O–H groups in total. The smallest absolute Gasteiger partial charge is 0.0492 e. The summed E-state index contributed by atoms with van der Waals surface area (Å²) in [4.78, 5) is 0. The third kappa shape index (κ3) is 2.01. The summed E-state index contributed by atoms with van der Waals surface area (Å²) in [5.74, 6) is 0.596. The van der Waals surface area contributed by atoms with Crippen molar-refractivity contribution in [2.75, 3.05) is 0 Å². The van der Waals surface area contributed by atoms with Gasteiger partial charge in [-0.15, -0.1) is 11.3 Å². The maximum Gasteiger partial charge on any atom is 0.0492 e. The average molecular weight is 426 g/mol. The van der Waals surface area contributed by atoms with Crippen molar-refractivity contribution >= 4 is 70.9 Å². The van der Waals surface area contributed by atoms with E-state index in [2.05, 4.69) is 84.1 Å². The molecule has 3 aromatic carbocycles. The Balaban J connectivity index is 2.03. The van der Waals surface area contributed by atoms with Crippen LogP contribution < -0.4 is 0 Å². The van der Waals surface area contributed by atoms with Crippen LogP contribution in [0.5, 0.6) is 0 Å². The first-order chi connectivity index (χ1) is 11.2. The summed E-state index contributed by atoms with van der Waals surface area (Å²) in [6, 6.07) is 15.8. The third-order valence-corrected chi connectivity index (χ3v) is 7.32. The number of hydrogen-bond donors (Lipinski definition) is 0. The molecule has 1 unspecified atom stereocenters. The van der Waals surface area contributed by atoms with Crippen LogP contribution in [0, 0.1) is 3.57 Å². The van der Waals surface area contributed by atoms with Crippen molar-refractivity contribution in [3.63, 3.8) is 0 Å². The Morgan fingerprint density at radius 1 is 1.09 bits per heavy atom. The summed E-state index contributed by atoms with van der Waals surface area (Å²) >= 11 is 4.45. The van der Waals surface area contributed by atoms with Crippen molar-refractivity contribution in [3.8, 4) is 0 Å². The molecule has 5 rings (SSSR count). The maximum atomic E-state index is 2.50. The second-order valence-corrected chi connectivity index (χ2v) is 8.62. The van der Waals surface area contributed by atoms with Crippen LogP contribution in [0.1, 0.15) is 30.4 Å². The van der Waals surface area contributed by atoms with Crippen LogP contribution >= 0.6 is 33.9 Å². The highest BCUT2D eigenvalue weighted by atomic mass is 127. The summed E-state index contributed by atoms with van der Waals surface area (Å²) in [5.41, 5.74) is 2.96. The van der Waals surface area contributed by atoms with Gasteiger partial charge >= 0.3 is 0 Å². The van der Waals surface area contributed by atoms with Gasteiger partial charge in [0, 0.05) is 23.7 Å². The molecule has 1 aliphatic rings. The molecule has 0 fully saturated rings. The summed E-state index contributed by atoms with van der Waals surface area (Å²) in [7, 11) is 0. The third-order valence-electron chi connectivity index (χ3n) is 4.92. The number of halogens is 1. The van der Waals surface area contributed by atoms with Gasteiger partial charge in [-0.05, 0) is 75.0 Å². The van der Waals surface area contributed by atoms with E-state index in [1.54, 1.807) is 5.56 Å². The highest BCUT2D eigenvalue weighted by Gasteiger charge is 2.21. The largest absolute Gasteiger partial charge is 0.134 e. The number of thiophene rings is 1. The predicted octanol–water partition coefficient (Wildman–Crippen LogP) is 7.33. The van der Waals surface area contributed by atoms with E-state index < -0.39 is 0 Å². The number of benzene rings is 3. The van der Waals surface area contributed by atoms with Crippen molar-refractivity contribution < 1.29 is 0 Å². The van der Waals surface area contributed by atoms with E-state index in [9.17, 15) is 0 Å². The van der Waals surface area contributed by atoms with Crippen LogP contribution in [-0.2, 0) is 0 Å². The SMILES string of the molecule is CC1CC=Cc2cc(I)c3sc4cc5ccccc5cc4c3c21.